The summed E-state index contributed by atoms with van der Waals surface area (Å²) < 4.78 is 1.36. The van der Waals surface area contributed by atoms with Gasteiger partial charge in [0, 0.05) is 6.07 Å². The number of nitrogens with one attached hydrogen (secondary N) is 2. The van der Waals surface area contributed by atoms with Gasteiger partial charge in [-0.1, -0.05) is 36.9 Å². The summed E-state index contributed by atoms with van der Waals surface area (Å²) in [5, 5.41) is 5.53. The van der Waals surface area contributed by atoms with Crippen LogP contribution in [-0.4, -0.2) is 35.9 Å². The highest BCUT2D eigenvalue weighted by Crippen LogP contribution is 2.23. The molecular formula is C16H17N7O2S. The molecule has 1 unspecified atom stereocenters. The fourth-order valence-electron chi connectivity index (χ4n) is 2.24. The zero-order valence-corrected chi connectivity index (χ0v) is 14.7. The van der Waals surface area contributed by atoms with E-state index in [1.165, 1.54) is 28.8 Å². The summed E-state index contributed by atoms with van der Waals surface area (Å²) in [7, 11) is 0. The van der Waals surface area contributed by atoms with E-state index < -0.39 is 5.25 Å². The molecule has 0 aliphatic heterocycles. The van der Waals surface area contributed by atoms with Gasteiger partial charge in [-0.15, -0.1) is 0 Å². The maximum atomic E-state index is 12.5. The number of anilines is 2. The van der Waals surface area contributed by atoms with E-state index in [0.717, 1.165) is 0 Å². The lowest BCUT2D eigenvalue weighted by Crippen LogP contribution is -2.25. The number of aromatic nitrogens is 5. The van der Waals surface area contributed by atoms with Crippen LogP contribution in [0.2, 0.25) is 0 Å². The third-order valence-electron chi connectivity index (χ3n) is 3.47. The normalized spacial score (nSPS) is 11.9. The maximum absolute atomic E-state index is 12.5. The molecule has 4 N–H and O–H groups in total. The fraction of sp³-hybridized carbons (Fsp3) is 0.188. The van der Waals surface area contributed by atoms with Crippen molar-refractivity contribution in [2.75, 3.05) is 11.1 Å². The van der Waals surface area contributed by atoms with Crippen molar-refractivity contribution < 1.29 is 4.79 Å². The van der Waals surface area contributed by atoms with Gasteiger partial charge in [0.05, 0.1) is 10.9 Å². The predicted molar refractivity (Wildman–Crippen MR) is 99.2 cm³/mol. The number of nitrogens with two attached hydrogens (primary N) is 1. The number of H-pyrrole nitrogens is 1. The van der Waals surface area contributed by atoms with Gasteiger partial charge in [0.25, 0.3) is 5.56 Å². The van der Waals surface area contributed by atoms with Crippen molar-refractivity contribution in [2.45, 2.75) is 23.8 Å². The highest BCUT2D eigenvalue weighted by Gasteiger charge is 2.20. The maximum Gasteiger partial charge on any atom is 0.273 e. The standard InChI is InChI=1S/C16H17N7O2S/c1-2-11(26-16-19-9-18-15(17)21-16)14(25)20-12-8-13(24)23(22-12)10-6-4-3-5-7-10/h3-9,11,22H,2H2,1H3,(H,20,25)(H2,17,18,19,21). The topological polar surface area (TPSA) is 132 Å². The SMILES string of the molecule is CCC(Sc1ncnc(N)n1)C(=O)Nc1cc(=O)n(-c2ccccc2)[nH]1. The van der Waals surface area contributed by atoms with Gasteiger partial charge in [-0.05, 0) is 18.6 Å². The molecule has 2 aromatic heterocycles. The van der Waals surface area contributed by atoms with E-state index in [1.54, 1.807) is 12.1 Å². The second-order valence-electron chi connectivity index (χ2n) is 5.31. The minimum Gasteiger partial charge on any atom is -0.368 e. The molecule has 134 valence electrons. The van der Waals surface area contributed by atoms with E-state index in [2.05, 4.69) is 25.4 Å². The second-order valence-corrected chi connectivity index (χ2v) is 6.48. The number of thioether (sulfide) groups is 1. The molecule has 0 saturated carbocycles. The van der Waals surface area contributed by atoms with Gasteiger partial charge in [-0.3, -0.25) is 14.7 Å². The molecule has 10 heteroatoms. The third kappa shape index (κ3) is 4.09. The van der Waals surface area contributed by atoms with Crippen molar-refractivity contribution in [1.29, 1.82) is 0 Å². The molecule has 0 spiro atoms. The lowest BCUT2D eigenvalue weighted by Gasteiger charge is -2.12. The zero-order valence-electron chi connectivity index (χ0n) is 13.9. The first kappa shape index (κ1) is 17.7. The predicted octanol–water partition coefficient (Wildman–Crippen LogP) is 1.44. The number of hydrogen-bond donors (Lipinski definition) is 3. The van der Waals surface area contributed by atoms with Crippen LogP contribution in [-0.2, 0) is 4.79 Å². The average molecular weight is 371 g/mol. The molecule has 0 bridgehead atoms. The quantitative estimate of drug-likeness (QED) is 0.559. The molecule has 0 saturated heterocycles. The van der Waals surface area contributed by atoms with E-state index in [1.807, 2.05) is 25.1 Å². The average Bonchev–Trinajstić information content (AvgIpc) is 3.00. The number of amides is 1. The molecule has 0 fully saturated rings. The Hall–Kier alpha value is -3.14. The molecule has 1 atom stereocenters. The lowest BCUT2D eigenvalue weighted by molar-refractivity contribution is -0.115. The smallest absolute Gasteiger partial charge is 0.273 e. The minimum absolute atomic E-state index is 0.0991. The first-order valence-corrected chi connectivity index (χ1v) is 8.74. The Bertz CT molecular complexity index is 954. The summed E-state index contributed by atoms with van der Waals surface area (Å²) in [6.07, 6.45) is 1.85. The summed E-state index contributed by atoms with van der Waals surface area (Å²) in [6, 6.07) is 10.4. The number of nitrogen functional groups attached to an aromatic ring is 1. The van der Waals surface area contributed by atoms with Crippen LogP contribution in [0.15, 0.2) is 52.7 Å². The van der Waals surface area contributed by atoms with Gasteiger partial charge in [-0.25, -0.2) is 14.6 Å². The molecule has 0 aliphatic rings. The Kier molecular flexibility index (Phi) is 5.32. The van der Waals surface area contributed by atoms with Crippen molar-refractivity contribution in [3.05, 3.63) is 53.1 Å². The monoisotopic (exact) mass is 371 g/mol. The summed E-state index contributed by atoms with van der Waals surface area (Å²) >= 11 is 1.18. The van der Waals surface area contributed by atoms with E-state index in [-0.39, 0.29) is 17.4 Å². The van der Waals surface area contributed by atoms with E-state index in [9.17, 15) is 9.59 Å². The Morgan fingerprint density at radius 2 is 2.12 bits per heavy atom. The zero-order chi connectivity index (χ0) is 18.5. The molecule has 3 rings (SSSR count). The van der Waals surface area contributed by atoms with Crippen LogP contribution in [0.25, 0.3) is 5.69 Å². The largest absolute Gasteiger partial charge is 0.368 e. The Morgan fingerprint density at radius 1 is 1.35 bits per heavy atom. The summed E-state index contributed by atoms with van der Waals surface area (Å²) in [6.45, 7) is 1.87. The Labute approximate surface area is 153 Å². The van der Waals surface area contributed by atoms with Gasteiger partial charge in [0.1, 0.15) is 12.1 Å². The molecule has 3 aromatic rings. The van der Waals surface area contributed by atoms with Crippen LogP contribution >= 0.6 is 11.8 Å². The lowest BCUT2D eigenvalue weighted by atomic mass is 10.3. The number of nitrogens with zero attached hydrogens (tertiary/aromatic N) is 4. The number of rotatable bonds is 6. The molecule has 1 amide bonds. The first-order chi connectivity index (χ1) is 12.6. The summed E-state index contributed by atoms with van der Waals surface area (Å²) in [5.41, 5.74) is 5.95. The minimum atomic E-state index is -0.444. The van der Waals surface area contributed by atoms with Gasteiger partial charge in [-0.2, -0.15) is 4.98 Å². The number of aromatic amines is 1. The van der Waals surface area contributed by atoms with E-state index >= 15 is 0 Å². The van der Waals surface area contributed by atoms with Crippen molar-refractivity contribution in [2.24, 2.45) is 0 Å². The summed E-state index contributed by atoms with van der Waals surface area (Å²) in [5.74, 6) is 0.151. The first-order valence-electron chi connectivity index (χ1n) is 7.86. The molecule has 0 radical (unpaired) electrons. The van der Waals surface area contributed by atoms with E-state index in [4.69, 9.17) is 5.73 Å². The van der Waals surface area contributed by atoms with Gasteiger partial charge >= 0.3 is 0 Å². The fourth-order valence-corrected chi connectivity index (χ4v) is 3.08. The number of hydrogen-bond acceptors (Lipinski definition) is 7. The highest BCUT2D eigenvalue weighted by atomic mass is 32.2. The molecule has 2 heterocycles. The van der Waals surface area contributed by atoms with Crippen LogP contribution < -0.4 is 16.6 Å². The van der Waals surface area contributed by atoms with Gasteiger partial charge in [0.15, 0.2) is 5.16 Å². The summed E-state index contributed by atoms with van der Waals surface area (Å²) in [4.78, 5) is 36.4. The molecule has 9 nitrogen and oxygen atoms in total. The van der Waals surface area contributed by atoms with Gasteiger partial charge < -0.3 is 11.1 Å². The molecule has 26 heavy (non-hydrogen) atoms. The van der Waals surface area contributed by atoms with Crippen molar-refractivity contribution in [3.8, 4) is 5.69 Å². The second kappa shape index (κ2) is 7.83. The Balaban J connectivity index is 1.73. The molecule has 1 aromatic carbocycles. The van der Waals surface area contributed by atoms with Crippen molar-refractivity contribution in [3.63, 3.8) is 0 Å². The van der Waals surface area contributed by atoms with Crippen molar-refractivity contribution in [1.82, 2.24) is 24.7 Å². The van der Waals surface area contributed by atoms with Crippen LogP contribution in [0, 0.1) is 0 Å². The molecular weight excluding hydrogens is 354 g/mol. The third-order valence-corrected chi connectivity index (χ3v) is 4.71. The number of para-hydroxylation sites is 1. The van der Waals surface area contributed by atoms with E-state index in [0.29, 0.717) is 23.1 Å². The van der Waals surface area contributed by atoms with Crippen LogP contribution in [0.1, 0.15) is 13.3 Å². The van der Waals surface area contributed by atoms with Crippen LogP contribution in [0.4, 0.5) is 11.8 Å². The van der Waals surface area contributed by atoms with Crippen molar-refractivity contribution >= 4 is 29.4 Å². The molecule has 0 aliphatic carbocycles. The number of benzene rings is 1. The van der Waals surface area contributed by atoms with Gasteiger partial charge in [0.2, 0.25) is 11.9 Å². The number of carbonyl (C=O) groups excluding carboxylic acids is 1. The highest BCUT2D eigenvalue weighted by molar-refractivity contribution is 8.00. The van der Waals surface area contributed by atoms with Crippen LogP contribution in [0.5, 0.6) is 0 Å². The van der Waals surface area contributed by atoms with Crippen LogP contribution in [0.3, 0.4) is 0 Å². The Morgan fingerprint density at radius 3 is 2.81 bits per heavy atom. The number of carbonyl (C=O) groups is 1.